The Hall–Kier alpha value is -1.12. The summed E-state index contributed by atoms with van der Waals surface area (Å²) in [5, 5.41) is 8.57. The summed E-state index contributed by atoms with van der Waals surface area (Å²) in [6, 6.07) is 0. The van der Waals surface area contributed by atoms with Gasteiger partial charge < -0.3 is 5.11 Å². The molecule has 0 spiro atoms. The number of Topliss-reactive ketones (excluding diaryl/α,β-unsaturated/α-hetero) is 1. The molecule has 3 nitrogen and oxygen atoms in total. The van der Waals surface area contributed by atoms with Gasteiger partial charge in [0.1, 0.15) is 0 Å². The van der Waals surface area contributed by atoms with Gasteiger partial charge in [-0.05, 0) is 44.6 Å². The van der Waals surface area contributed by atoms with Crippen LogP contribution >= 0.6 is 0 Å². The molecule has 0 aromatic carbocycles. The number of carbonyl (C=O) groups excluding carboxylic acids is 1. The molecule has 23 heavy (non-hydrogen) atoms. The van der Waals surface area contributed by atoms with Gasteiger partial charge in [-0.1, -0.05) is 64.4 Å². The summed E-state index contributed by atoms with van der Waals surface area (Å²) < 4.78 is 0. The van der Waals surface area contributed by atoms with Gasteiger partial charge in [-0.15, -0.1) is 0 Å². The minimum atomic E-state index is -0.707. The van der Waals surface area contributed by atoms with Gasteiger partial charge in [0.25, 0.3) is 0 Å². The molecule has 0 fully saturated rings. The minimum absolute atomic E-state index is 0.210. The van der Waals surface area contributed by atoms with E-state index in [2.05, 4.69) is 13.0 Å². The molecule has 134 valence electrons. The van der Waals surface area contributed by atoms with E-state index in [1.165, 1.54) is 38.5 Å². The van der Waals surface area contributed by atoms with Crippen molar-refractivity contribution in [2.24, 2.45) is 0 Å². The van der Waals surface area contributed by atoms with Crippen molar-refractivity contribution in [3.63, 3.8) is 0 Å². The van der Waals surface area contributed by atoms with Crippen LogP contribution in [0.15, 0.2) is 11.6 Å². The monoisotopic (exact) mass is 324 g/mol. The van der Waals surface area contributed by atoms with Crippen LogP contribution in [0.1, 0.15) is 104 Å². The topological polar surface area (TPSA) is 54.4 Å². The lowest BCUT2D eigenvalue weighted by Crippen LogP contribution is -1.97. The first kappa shape index (κ1) is 21.9. The van der Waals surface area contributed by atoms with Crippen LogP contribution in [0.5, 0.6) is 0 Å². The molecule has 0 unspecified atom stereocenters. The van der Waals surface area contributed by atoms with E-state index in [1.54, 1.807) is 6.92 Å². The molecule has 0 aliphatic rings. The van der Waals surface area contributed by atoms with Gasteiger partial charge in [-0.2, -0.15) is 0 Å². The SMILES string of the molecule is CCCCCCCCC=C(CCCCCCCC(=O)O)C(C)=O. The zero-order valence-electron chi connectivity index (χ0n) is 15.2. The molecular formula is C20H36O3. The zero-order chi connectivity index (χ0) is 17.3. The number of hydrogen-bond acceptors (Lipinski definition) is 2. The van der Waals surface area contributed by atoms with Crippen LogP contribution in [0.4, 0.5) is 0 Å². The van der Waals surface area contributed by atoms with Crippen LogP contribution in [0.25, 0.3) is 0 Å². The Morgan fingerprint density at radius 3 is 1.87 bits per heavy atom. The first-order valence-corrected chi connectivity index (χ1v) is 9.49. The lowest BCUT2D eigenvalue weighted by Gasteiger charge is -2.05. The first-order chi connectivity index (χ1) is 11.1. The minimum Gasteiger partial charge on any atom is -0.481 e. The summed E-state index contributed by atoms with van der Waals surface area (Å²) >= 11 is 0. The van der Waals surface area contributed by atoms with Gasteiger partial charge in [0, 0.05) is 6.42 Å². The van der Waals surface area contributed by atoms with Crippen molar-refractivity contribution in [2.75, 3.05) is 0 Å². The van der Waals surface area contributed by atoms with E-state index in [1.807, 2.05) is 0 Å². The Balaban J connectivity index is 3.70. The second-order valence-corrected chi connectivity index (χ2v) is 6.50. The molecule has 0 atom stereocenters. The van der Waals surface area contributed by atoms with Crippen molar-refractivity contribution in [3.05, 3.63) is 11.6 Å². The molecule has 0 aromatic heterocycles. The highest BCUT2D eigenvalue weighted by Gasteiger charge is 2.03. The average Bonchev–Trinajstić information content (AvgIpc) is 2.50. The maximum atomic E-state index is 11.7. The van der Waals surface area contributed by atoms with Crippen molar-refractivity contribution >= 4 is 11.8 Å². The molecule has 3 heteroatoms. The van der Waals surface area contributed by atoms with Crippen molar-refractivity contribution in [1.82, 2.24) is 0 Å². The lowest BCUT2D eigenvalue weighted by molar-refractivity contribution is -0.137. The Bertz CT molecular complexity index is 345. The van der Waals surface area contributed by atoms with E-state index >= 15 is 0 Å². The third-order valence-electron chi connectivity index (χ3n) is 4.24. The van der Waals surface area contributed by atoms with Gasteiger partial charge in [0.05, 0.1) is 0 Å². The van der Waals surface area contributed by atoms with E-state index in [0.29, 0.717) is 0 Å². The first-order valence-electron chi connectivity index (χ1n) is 9.49. The number of unbranched alkanes of at least 4 members (excludes halogenated alkanes) is 10. The van der Waals surface area contributed by atoms with E-state index in [9.17, 15) is 9.59 Å². The van der Waals surface area contributed by atoms with Gasteiger partial charge in [-0.25, -0.2) is 0 Å². The number of carboxylic acid groups (broad SMARTS) is 1. The molecular weight excluding hydrogens is 288 g/mol. The van der Waals surface area contributed by atoms with Crippen LogP contribution in [0, 0.1) is 0 Å². The molecule has 0 aromatic rings. The molecule has 0 aliphatic carbocycles. The largest absolute Gasteiger partial charge is 0.481 e. The molecule has 0 saturated heterocycles. The van der Waals surface area contributed by atoms with E-state index in [0.717, 1.165) is 50.5 Å². The van der Waals surface area contributed by atoms with E-state index in [4.69, 9.17) is 5.11 Å². The van der Waals surface area contributed by atoms with Crippen molar-refractivity contribution in [1.29, 1.82) is 0 Å². The highest BCUT2D eigenvalue weighted by atomic mass is 16.4. The van der Waals surface area contributed by atoms with Crippen LogP contribution in [0.3, 0.4) is 0 Å². The molecule has 0 radical (unpaired) electrons. The Labute approximate surface area is 142 Å². The predicted octanol–water partition coefficient (Wildman–Crippen LogP) is 6.07. The molecule has 0 saturated carbocycles. The van der Waals surface area contributed by atoms with E-state index < -0.39 is 5.97 Å². The number of carbonyl (C=O) groups is 2. The third kappa shape index (κ3) is 15.5. The highest BCUT2D eigenvalue weighted by Crippen LogP contribution is 2.15. The van der Waals surface area contributed by atoms with Crippen molar-refractivity contribution in [3.8, 4) is 0 Å². The Kier molecular flexibility index (Phi) is 15.0. The second kappa shape index (κ2) is 15.8. The summed E-state index contributed by atoms with van der Waals surface area (Å²) in [5.41, 5.74) is 0.990. The molecule has 0 bridgehead atoms. The fraction of sp³-hybridized carbons (Fsp3) is 0.800. The smallest absolute Gasteiger partial charge is 0.303 e. The number of allylic oxidation sites excluding steroid dienone is 2. The molecule has 0 aliphatic heterocycles. The normalized spacial score (nSPS) is 11.7. The number of carboxylic acids is 1. The van der Waals surface area contributed by atoms with Crippen LogP contribution < -0.4 is 0 Å². The van der Waals surface area contributed by atoms with Gasteiger partial charge in [0.2, 0.25) is 0 Å². The molecule has 0 rings (SSSR count). The maximum absolute atomic E-state index is 11.7. The summed E-state index contributed by atoms with van der Waals surface area (Å²) in [6.45, 7) is 3.90. The van der Waals surface area contributed by atoms with Crippen LogP contribution in [0.2, 0.25) is 0 Å². The molecule has 0 amide bonds. The standard InChI is InChI=1S/C20H36O3/c1-3-4-5-6-7-9-12-15-19(18(2)21)16-13-10-8-11-14-17-20(22)23/h15H,3-14,16-17H2,1-2H3,(H,22,23). The number of ketones is 1. The van der Waals surface area contributed by atoms with Crippen LogP contribution in [-0.4, -0.2) is 16.9 Å². The maximum Gasteiger partial charge on any atom is 0.303 e. The summed E-state index contributed by atoms with van der Waals surface area (Å²) in [5.74, 6) is -0.497. The summed E-state index contributed by atoms with van der Waals surface area (Å²) in [7, 11) is 0. The summed E-state index contributed by atoms with van der Waals surface area (Å²) in [4.78, 5) is 22.1. The third-order valence-corrected chi connectivity index (χ3v) is 4.24. The molecule has 1 N–H and O–H groups in total. The molecule has 0 heterocycles. The van der Waals surface area contributed by atoms with Crippen LogP contribution in [-0.2, 0) is 9.59 Å². The number of hydrogen-bond donors (Lipinski definition) is 1. The zero-order valence-corrected chi connectivity index (χ0v) is 15.2. The predicted molar refractivity (Wildman–Crippen MR) is 96.7 cm³/mol. The average molecular weight is 325 g/mol. The Morgan fingerprint density at radius 2 is 1.30 bits per heavy atom. The fourth-order valence-electron chi connectivity index (χ4n) is 2.74. The van der Waals surface area contributed by atoms with Gasteiger partial charge >= 0.3 is 5.97 Å². The highest BCUT2D eigenvalue weighted by molar-refractivity contribution is 5.93. The number of aliphatic carboxylic acids is 1. The lowest BCUT2D eigenvalue weighted by atomic mass is 10.0. The second-order valence-electron chi connectivity index (χ2n) is 6.50. The Morgan fingerprint density at radius 1 is 0.783 bits per heavy atom. The van der Waals surface area contributed by atoms with Gasteiger partial charge in [0.15, 0.2) is 5.78 Å². The summed E-state index contributed by atoms with van der Waals surface area (Å²) in [6.07, 6.45) is 17.0. The van der Waals surface area contributed by atoms with E-state index in [-0.39, 0.29) is 12.2 Å². The van der Waals surface area contributed by atoms with Crippen molar-refractivity contribution in [2.45, 2.75) is 104 Å². The fourth-order valence-corrected chi connectivity index (χ4v) is 2.74. The quantitative estimate of drug-likeness (QED) is 0.277. The number of rotatable bonds is 16. The van der Waals surface area contributed by atoms with Gasteiger partial charge in [-0.3, -0.25) is 9.59 Å². The van der Waals surface area contributed by atoms with Crippen molar-refractivity contribution < 1.29 is 14.7 Å².